The van der Waals surface area contributed by atoms with Crippen LogP contribution in [0.15, 0.2) is 28.1 Å². The van der Waals surface area contributed by atoms with Crippen LogP contribution in [0.25, 0.3) is 10.2 Å². The summed E-state index contributed by atoms with van der Waals surface area (Å²) in [6.07, 6.45) is 0. The van der Waals surface area contributed by atoms with Crippen molar-refractivity contribution in [3.8, 4) is 0 Å². The van der Waals surface area contributed by atoms with Gasteiger partial charge in [0.25, 0.3) is 5.91 Å². The molecule has 0 bridgehead atoms. The van der Waals surface area contributed by atoms with Gasteiger partial charge >= 0.3 is 0 Å². The van der Waals surface area contributed by atoms with E-state index in [2.05, 4.69) is 43.7 Å². The maximum Gasteiger partial charge on any atom is 0.262 e. The predicted molar refractivity (Wildman–Crippen MR) is 107 cm³/mol. The van der Waals surface area contributed by atoms with Crippen LogP contribution < -0.4 is 10.6 Å². The molecule has 0 fully saturated rings. The Morgan fingerprint density at radius 1 is 1.20 bits per heavy atom. The minimum absolute atomic E-state index is 0.269. The second-order valence-corrected chi connectivity index (χ2v) is 9.23. The molecule has 0 radical (unpaired) electrons. The van der Waals surface area contributed by atoms with Crippen molar-refractivity contribution in [3.05, 3.63) is 44.1 Å². The summed E-state index contributed by atoms with van der Waals surface area (Å²) >= 11 is 6.07. The number of fused-ring (bicyclic) bond motifs is 1. The van der Waals surface area contributed by atoms with Gasteiger partial charge in [0.1, 0.15) is 6.04 Å². The summed E-state index contributed by atoms with van der Waals surface area (Å²) in [5, 5.41) is 6.02. The number of benzene rings is 1. The molecule has 2 aromatic heterocycles. The number of anilines is 1. The summed E-state index contributed by atoms with van der Waals surface area (Å²) in [4.78, 5) is 29.5. The number of aromatic nitrogens is 1. The molecule has 0 aliphatic carbocycles. The van der Waals surface area contributed by atoms with Gasteiger partial charge in [0.05, 0.1) is 18.9 Å². The highest BCUT2D eigenvalue weighted by Gasteiger charge is 2.19. The Morgan fingerprint density at radius 3 is 2.64 bits per heavy atom. The summed E-state index contributed by atoms with van der Waals surface area (Å²) in [5.74, 6) is -0.563. The summed E-state index contributed by atoms with van der Waals surface area (Å²) in [6.45, 7) is 5.69. The zero-order chi connectivity index (χ0) is 18.1. The van der Waals surface area contributed by atoms with Crippen molar-refractivity contribution in [1.82, 2.24) is 10.3 Å². The van der Waals surface area contributed by atoms with Gasteiger partial charge < -0.3 is 10.6 Å². The van der Waals surface area contributed by atoms with Crippen molar-refractivity contribution in [2.45, 2.75) is 26.8 Å². The Bertz CT molecular complexity index is 964. The van der Waals surface area contributed by atoms with E-state index in [0.717, 1.165) is 25.1 Å². The first-order chi connectivity index (χ1) is 11.8. The molecule has 0 saturated heterocycles. The number of halogens is 1. The number of hydrogen-bond donors (Lipinski definition) is 2. The second-order valence-electron chi connectivity index (χ2n) is 5.74. The molecule has 1 atom stereocenters. The number of nitrogens with one attached hydrogen (secondary N) is 2. The van der Waals surface area contributed by atoms with E-state index in [1.807, 2.05) is 13.8 Å². The summed E-state index contributed by atoms with van der Waals surface area (Å²) in [7, 11) is 0. The average Bonchev–Trinajstić information content (AvgIpc) is 3.13. The zero-order valence-corrected chi connectivity index (χ0v) is 17.1. The third-order valence-corrected chi connectivity index (χ3v) is 6.14. The minimum atomic E-state index is -0.664. The van der Waals surface area contributed by atoms with E-state index in [1.54, 1.807) is 19.1 Å². The minimum Gasteiger partial charge on any atom is -0.340 e. The van der Waals surface area contributed by atoms with Crippen molar-refractivity contribution in [3.63, 3.8) is 0 Å². The lowest BCUT2D eigenvalue weighted by Crippen LogP contribution is -2.41. The second kappa shape index (κ2) is 7.23. The maximum absolute atomic E-state index is 12.3. The highest BCUT2D eigenvalue weighted by Crippen LogP contribution is 2.29. The van der Waals surface area contributed by atoms with Crippen LogP contribution in [0.1, 0.15) is 27.7 Å². The third-order valence-electron chi connectivity index (χ3n) is 3.60. The SMILES string of the molecule is Cc1cc(C)c2nc(NC(=O)C(C)NC(=O)c3ccc(Br)s3)sc2c1. The highest BCUT2D eigenvalue weighted by atomic mass is 79.9. The van der Waals surface area contributed by atoms with Crippen molar-refractivity contribution in [2.24, 2.45) is 0 Å². The van der Waals surface area contributed by atoms with Crippen LogP contribution in [0.5, 0.6) is 0 Å². The molecule has 130 valence electrons. The lowest BCUT2D eigenvalue weighted by atomic mass is 10.1. The molecule has 0 saturated carbocycles. The topological polar surface area (TPSA) is 71.1 Å². The van der Waals surface area contributed by atoms with Gasteiger partial charge in [-0.05, 0) is 66.0 Å². The zero-order valence-electron chi connectivity index (χ0n) is 13.8. The van der Waals surface area contributed by atoms with Crippen LogP contribution in [0.4, 0.5) is 5.13 Å². The Morgan fingerprint density at radius 2 is 1.96 bits per heavy atom. The molecule has 3 aromatic rings. The molecular formula is C17H16BrN3O2S2. The molecule has 0 spiro atoms. The number of amides is 2. The number of nitrogens with zero attached hydrogens (tertiary/aromatic N) is 1. The Kier molecular flexibility index (Phi) is 5.21. The van der Waals surface area contributed by atoms with E-state index >= 15 is 0 Å². The van der Waals surface area contributed by atoms with E-state index in [4.69, 9.17) is 0 Å². The molecule has 25 heavy (non-hydrogen) atoms. The Hall–Kier alpha value is -1.77. The Balaban J connectivity index is 1.69. The number of aryl methyl sites for hydroxylation is 2. The molecule has 1 unspecified atom stereocenters. The van der Waals surface area contributed by atoms with E-state index < -0.39 is 6.04 Å². The van der Waals surface area contributed by atoms with Crippen molar-refractivity contribution in [2.75, 3.05) is 5.32 Å². The average molecular weight is 438 g/mol. The standard InChI is InChI=1S/C17H16BrN3O2S2/c1-8-6-9(2)14-12(7-8)25-17(20-14)21-15(22)10(3)19-16(23)11-4-5-13(18)24-11/h4-7,10H,1-3H3,(H,19,23)(H,20,21,22). The molecule has 2 N–H and O–H groups in total. The highest BCUT2D eigenvalue weighted by molar-refractivity contribution is 9.11. The molecule has 1 aromatic carbocycles. The van der Waals surface area contributed by atoms with Crippen LogP contribution in [0.2, 0.25) is 0 Å². The quantitative estimate of drug-likeness (QED) is 0.631. The van der Waals surface area contributed by atoms with Gasteiger partial charge in [-0.25, -0.2) is 4.98 Å². The maximum atomic E-state index is 12.3. The first kappa shape index (κ1) is 18.0. The largest absolute Gasteiger partial charge is 0.340 e. The molecular weight excluding hydrogens is 422 g/mol. The fourth-order valence-corrected chi connectivity index (χ4v) is 4.74. The molecule has 5 nitrogen and oxygen atoms in total. The van der Waals surface area contributed by atoms with Crippen molar-refractivity contribution in [1.29, 1.82) is 0 Å². The normalized spacial score (nSPS) is 12.2. The van der Waals surface area contributed by atoms with Gasteiger partial charge in [0, 0.05) is 0 Å². The molecule has 0 aliphatic heterocycles. The summed E-state index contributed by atoms with van der Waals surface area (Å²) in [6, 6.07) is 6.97. The van der Waals surface area contributed by atoms with Gasteiger partial charge in [0.2, 0.25) is 5.91 Å². The fourth-order valence-electron chi connectivity index (χ4n) is 2.41. The first-order valence-electron chi connectivity index (χ1n) is 7.58. The monoisotopic (exact) mass is 437 g/mol. The van der Waals surface area contributed by atoms with Gasteiger partial charge in [-0.1, -0.05) is 17.4 Å². The summed E-state index contributed by atoms with van der Waals surface area (Å²) < 4.78 is 1.91. The predicted octanol–water partition coefficient (Wildman–Crippen LogP) is 4.49. The van der Waals surface area contributed by atoms with Gasteiger partial charge in [0.15, 0.2) is 5.13 Å². The molecule has 3 rings (SSSR count). The van der Waals surface area contributed by atoms with Crippen LogP contribution >= 0.6 is 38.6 Å². The number of hydrogen-bond acceptors (Lipinski definition) is 5. The lowest BCUT2D eigenvalue weighted by molar-refractivity contribution is -0.117. The lowest BCUT2D eigenvalue weighted by Gasteiger charge is -2.12. The number of carbonyl (C=O) groups is 2. The smallest absolute Gasteiger partial charge is 0.262 e. The van der Waals surface area contributed by atoms with Gasteiger partial charge in [-0.2, -0.15) is 0 Å². The van der Waals surface area contributed by atoms with Crippen LogP contribution in [0.3, 0.4) is 0 Å². The van der Waals surface area contributed by atoms with Crippen LogP contribution in [-0.4, -0.2) is 22.8 Å². The molecule has 0 aliphatic rings. The Labute approximate surface area is 161 Å². The van der Waals surface area contributed by atoms with Gasteiger partial charge in [-0.3, -0.25) is 9.59 Å². The van der Waals surface area contributed by atoms with E-state index in [9.17, 15) is 9.59 Å². The van der Waals surface area contributed by atoms with Crippen LogP contribution in [-0.2, 0) is 4.79 Å². The van der Waals surface area contributed by atoms with Crippen molar-refractivity contribution >= 4 is 65.8 Å². The van der Waals surface area contributed by atoms with E-state index in [1.165, 1.54) is 22.7 Å². The number of rotatable bonds is 4. The number of thiazole rings is 1. The van der Waals surface area contributed by atoms with Crippen LogP contribution in [0, 0.1) is 13.8 Å². The fraction of sp³-hybridized carbons (Fsp3) is 0.235. The van der Waals surface area contributed by atoms with E-state index in [-0.39, 0.29) is 11.8 Å². The van der Waals surface area contributed by atoms with Crippen molar-refractivity contribution < 1.29 is 9.59 Å². The van der Waals surface area contributed by atoms with Gasteiger partial charge in [-0.15, -0.1) is 11.3 Å². The summed E-state index contributed by atoms with van der Waals surface area (Å²) in [5.41, 5.74) is 3.14. The molecule has 8 heteroatoms. The molecule has 2 heterocycles. The number of carbonyl (C=O) groups excluding carboxylic acids is 2. The number of thiophene rings is 1. The third kappa shape index (κ3) is 4.08. The van der Waals surface area contributed by atoms with E-state index in [0.29, 0.717) is 10.0 Å². The first-order valence-corrected chi connectivity index (χ1v) is 10.0. The molecule has 2 amide bonds.